The van der Waals surface area contributed by atoms with Gasteiger partial charge in [0.25, 0.3) is 11.5 Å². The normalized spacial score (nSPS) is 20.8. The van der Waals surface area contributed by atoms with E-state index in [9.17, 15) is 14.7 Å². The van der Waals surface area contributed by atoms with Crippen LogP contribution >= 0.6 is 0 Å². The number of H-pyrrole nitrogens is 2. The van der Waals surface area contributed by atoms with Crippen LogP contribution in [0.25, 0.3) is 11.5 Å². The van der Waals surface area contributed by atoms with Crippen molar-refractivity contribution in [1.29, 1.82) is 0 Å². The first-order valence-corrected chi connectivity index (χ1v) is 8.10. The standard InChI is InChI=1S/C16H21N5O3/c1-8-3-5-10(6-4-8)19-15(23)12-13(22)16(24)21-14(20-12)11-7-17-9(2)18-11/h7-8,10,22H,3-6H2,1-2H3,(H,17,18)(H,19,23)(H,20,21,24). The van der Waals surface area contributed by atoms with Gasteiger partial charge in [0.1, 0.15) is 11.5 Å². The fourth-order valence-corrected chi connectivity index (χ4v) is 2.95. The molecule has 0 spiro atoms. The van der Waals surface area contributed by atoms with Crippen molar-refractivity contribution in [1.82, 2.24) is 25.3 Å². The van der Waals surface area contributed by atoms with Crippen molar-refractivity contribution in [3.8, 4) is 17.3 Å². The molecule has 1 aliphatic carbocycles. The Morgan fingerprint density at radius 2 is 2.00 bits per heavy atom. The molecule has 2 aromatic heterocycles. The van der Waals surface area contributed by atoms with Gasteiger partial charge in [0.15, 0.2) is 11.5 Å². The Bertz CT molecular complexity index is 802. The first kappa shape index (κ1) is 16.2. The summed E-state index contributed by atoms with van der Waals surface area (Å²) in [6.45, 7) is 3.96. The van der Waals surface area contributed by atoms with Gasteiger partial charge in [-0.25, -0.2) is 9.97 Å². The summed E-state index contributed by atoms with van der Waals surface area (Å²) < 4.78 is 0. The van der Waals surface area contributed by atoms with Gasteiger partial charge in [0.05, 0.1) is 6.20 Å². The summed E-state index contributed by atoms with van der Waals surface area (Å²) in [5.74, 6) is 0.288. The number of carbonyl (C=O) groups excluding carboxylic acids is 1. The van der Waals surface area contributed by atoms with Crippen LogP contribution in [0.5, 0.6) is 5.75 Å². The molecular weight excluding hydrogens is 310 g/mol. The van der Waals surface area contributed by atoms with Crippen LogP contribution < -0.4 is 10.9 Å². The molecular formula is C16H21N5O3. The third kappa shape index (κ3) is 3.32. The van der Waals surface area contributed by atoms with Crippen LogP contribution in [0.2, 0.25) is 0 Å². The first-order valence-electron chi connectivity index (χ1n) is 8.10. The van der Waals surface area contributed by atoms with Gasteiger partial charge >= 0.3 is 0 Å². The maximum Gasteiger partial charge on any atom is 0.294 e. The molecule has 0 radical (unpaired) electrons. The van der Waals surface area contributed by atoms with Crippen molar-refractivity contribution in [2.75, 3.05) is 0 Å². The lowest BCUT2D eigenvalue weighted by molar-refractivity contribution is 0.0914. The van der Waals surface area contributed by atoms with Gasteiger partial charge in [-0.2, -0.15) is 0 Å². The second kappa shape index (κ2) is 6.46. The summed E-state index contributed by atoms with van der Waals surface area (Å²) >= 11 is 0. The summed E-state index contributed by atoms with van der Waals surface area (Å²) in [6, 6.07) is 0.0482. The van der Waals surface area contributed by atoms with Crippen molar-refractivity contribution in [3.05, 3.63) is 28.1 Å². The van der Waals surface area contributed by atoms with E-state index in [2.05, 4.69) is 32.2 Å². The molecule has 1 fully saturated rings. The molecule has 3 rings (SSSR count). The zero-order valence-corrected chi connectivity index (χ0v) is 13.7. The fourth-order valence-electron chi connectivity index (χ4n) is 2.95. The molecule has 8 nitrogen and oxygen atoms in total. The summed E-state index contributed by atoms with van der Waals surface area (Å²) in [5.41, 5.74) is -0.542. The molecule has 0 atom stereocenters. The van der Waals surface area contributed by atoms with Crippen LogP contribution in [0.3, 0.4) is 0 Å². The Kier molecular flexibility index (Phi) is 4.37. The average molecular weight is 331 g/mol. The molecule has 0 unspecified atom stereocenters. The molecule has 0 bridgehead atoms. The van der Waals surface area contributed by atoms with E-state index < -0.39 is 17.2 Å². The Morgan fingerprint density at radius 3 is 2.62 bits per heavy atom. The summed E-state index contributed by atoms with van der Waals surface area (Å²) in [7, 11) is 0. The molecule has 4 N–H and O–H groups in total. The third-order valence-corrected chi connectivity index (χ3v) is 4.42. The van der Waals surface area contributed by atoms with Crippen molar-refractivity contribution >= 4 is 5.91 Å². The lowest BCUT2D eigenvalue weighted by Gasteiger charge is -2.26. The van der Waals surface area contributed by atoms with E-state index in [0.717, 1.165) is 25.7 Å². The Labute approximate surface area is 138 Å². The summed E-state index contributed by atoms with van der Waals surface area (Å²) in [6.07, 6.45) is 5.40. The highest BCUT2D eigenvalue weighted by Crippen LogP contribution is 2.24. The van der Waals surface area contributed by atoms with E-state index in [1.165, 1.54) is 6.20 Å². The van der Waals surface area contributed by atoms with Gasteiger partial charge in [0, 0.05) is 6.04 Å². The minimum absolute atomic E-state index is 0.0482. The number of amides is 1. The highest BCUT2D eigenvalue weighted by molar-refractivity contribution is 5.95. The fraction of sp³-hybridized carbons (Fsp3) is 0.500. The van der Waals surface area contributed by atoms with Gasteiger partial charge in [-0.1, -0.05) is 6.92 Å². The molecule has 2 heterocycles. The number of aromatic hydroxyl groups is 1. The van der Waals surface area contributed by atoms with E-state index in [4.69, 9.17) is 0 Å². The predicted molar refractivity (Wildman–Crippen MR) is 87.7 cm³/mol. The minimum atomic E-state index is -0.755. The van der Waals surface area contributed by atoms with Crippen LogP contribution in [-0.2, 0) is 0 Å². The lowest BCUT2D eigenvalue weighted by Crippen LogP contribution is -2.38. The largest absolute Gasteiger partial charge is 0.501 e. The summed E-state index contributed by atoms with van der Waals surface area (Å²) in [4.78, 5) is 37.9. The zero-order chi connectivity index (χ0) is 17.3. The second-order valence-corrected chi connectivity index (χ2v) is 6.42. The van der Waals surface area contributed by atoms with E-state index >= 15 is 0 Å². The van der Waals surface area contributed by atoms with Crippen molar-refractivity contribution in [2.45, 2.75) is 45.6 Å². The predicted octanol–water partition coefficient (Wildman–Crippen LogP) is 1.48. The number of hydrogen-bond acceptors (Lipinski definition) is 5. The quantitative estimate of drug-likeness (QED) is 0.678. The van der Waals surface area contributed by atoms with Gasteiger partial charge in [-0.3, -0.25) is 9.59 Å². The highest BCUT2D eigenvalue weighted by Gasteiger charge is 2.24. The van der Waals surface area contributed by atoms with E-state index in [1.807, 2.05) is 0 Å². The van der Waals surface area contributed by atoms with Crippen molar-refractivity contribution < 1.29 is 9.90 Å². The molecule has 128 valence electrons. The summed E-state index contributed by atoms with van der Waals surface area (Å²) in [5, 5.41) is 12.8. The van der Waals surface area contributed by atoms with Crippen LogP contribution in [0.4, 0.5) is 0 Å². The molecule has 1 amide bonds. The molecule has 1 saturated carbocycles. The zero-order valence-electron chi connectivity index (χ0n) is 13.7. The van der Waals surface area contributed by atoms with E-state index in [1.54, 1.807) is 6.92 Å². The molecule has 0 saturated heterocycles. The van der Waals surface area contributed by atoms with Gasteiger partial charge in [0.2, 0.25) is 5.75 Å². The molecule has 2 aromatic rings. The number of imidazole rings is 1. The smallest absolute Gasteiger partial charge is 0.294 e. The molecule has 0 aromatic carbocycles. The Balaban J connectivity index is 1.85. The van der Waals surface area contributed by atoms with Gasteiger partial charge in [-0.05, 0) is 38.5 Å². The topological polar surface area (TPSA) is 124 Å². The number of nitrogens with zero attached hydrogens (tertiary/aromatic N) is 2. The molecule has 8 heteroatoms. The third-order valence-electron chi connectivity index (χ3n) is 4.42. The minimum Gasteiger partial charge on any atom is -0.501 e. The van der Waals surface area contributed by atoms with Crippen LogP contribution in [-0.4, -0.2) is 37.0 Å². The van der Waals surface area contributed by atoms with E-state index in [-0.39, 0.29) is 17.6 Å². The lowest BCUT2D eigenvalue weighted by atomic mass is 9.87. The molecule has 24 heavy (non-hydrogen) atoms. The van der Waals surface area contributed by atoms with Crippen molar-refractivity contribution in [3.63, 3.8) is 0 Å². The number of hydrogen-bond donors (Lipinski definition) is 4. The average Bonchev–Trinajstić information content (AvgIpc) is 2.98. The number of nitrogens with one attached hydrogen (secondary N) is 3. The van der Waals surface area contributed by atoms with E-state index in [0.29, 0.717) is 17.4 Å². The number of rotatable bonds is 3. The molecule has 0 aliphatic heterocycles. The highest BCUT2D eigenvalue weighted by atomic mass is 16.3. The van der Waals surface area contributed by atoms with Crippen LogP contribution in [0.1, 0.15) is 48.9 Å². The van der Waals surface area contributed by atoms with Crippen molar-refractivity contribution in [2.24, 2.45) is 5.92 Å². The number of aromatic amines is 2. The maximum absolute atomic E-state index is 12.4. The number of carbonyl (C=O) groups is 1. The molecule has 1 aliphatic rings. The van der Waals surface area contributed by atoms with Crippen LogP contribution in [0.15, 0.2) is 11.0 Å². The number of aromatic nitrogens is 4. The number of aryl methyl sites for hydroxylation is 1. The maximum atomic E-state index is 12.4. The Morgan fingerprint density at radius 1 is 1.29 bits per heavy atom. The van der Waals surface area contributed by atoms with Gasteiger partial charge < -0.3 is 20.4 Å². The monoisotopic (exact) mass is 331 g/mol. The Hall–Kier alpha value is -2.64. The SMILES string of the molecule is Cc1ncc(-c2nc(C(=O)NC3CCC(C)CC3)c(O)c(=O)[nH]2)[nH]1. The first-order chi connectivity index (χ1) is 11.4. The van der Waals surface area contributed by atoms with Gasteiger partial charge in [-0.15, -0.1) is 0 Å². The second-order valence-electron chi connectivity index (χ2n) is 6.42. The van der Waals surface area contributed by atoms with Crippen LogP contribution in [0, 0.1) is 12.8 Å².